The summed E-state index contributed by atoms with van der Waals surface area (Å²) in [5.74, 6) is 0.750. The maximum atomic E-state index is 5.86. The third-order valence-electron chi connectivity index (χ3n) is 4.02. The highest BCUT2D eigenvalue weighted by atomic mass is 16.5. The molecule has 19 heavy (non-hydrogen) atoms. The molecule has 0 spiro atoms. The summed E-state index contributed by atoms with van der Waals surface area (Å²) in [5.41, 5.74) is 7.73. The Balaban J connectivity index is 1.75. The minimum Gasteiger partial charge on any atom is -0.495 e. The van der Waals surface area contributed by atoms with Crippen molar-refractivity contribution < 1.29 is 9.47 Å². The fourth-order valence-corrected chi connectivity index (χ4v) is 2.88. The SMILES string of the molecule is COc1cc(N2CCN3CCOC[C@H]3C2)ccc1N. The first-order valence-electron chi connectivity index (χ1n) is 6.78. The van der Waals surface area contributed by atoms with Crippen LogP contribution in [0.1, 0.15) is 0 Å². The summed E-state index contributed by atoms with van der Waals surface area (Å²) in [6.07, 6.45) is 0. The van der Waals surface area contributed by atoms with Gasteiger partial charge in [0.2, 0.25) is 0 Å². The van der Waals surface area contributed by atoms with Gasteiger partial charge in [0, 0.05) is 37.9 Å². The topological polar surface area (TPSA) is 51.0 Å². The molecule has 0 bridgehead atoms. The van der Waals surface area contributed by atoms with Crippen LogP contribution < -0.4 is 15.4 Å². The highest BCUT2D eigenvalue weighted by molar-refractivity contribution is 5.62. The van der Waals surface area contributed by atoms with Gasteiger partial charge < -0.3 is 20.1 Å². The van der Waals surface area contributed by atoms with Crippen molar-refractivity contribution in [1.29, 1.82) is 0 Å². The molecule has 104 valence electrons. The number of methoxy groups -OCH3 is 1. The number of morpholine rings is 1. The summed E-state index contributed by atoms with van der Waals surface area (Å²) in [6.45, 7) is 5.91. The Hall–Kier alpha value is -1.46. The van der Waals surface area contributed by atoms with Crippen LogP contribution >= 0.6 is 0 Å². The van der Waals surface area contributed by atoms with Crippen LogP contribution in [0.3, 0.4) is 0 Å². The molecule has 0 unspecified atom stereocenters. The molecule has 2 aliphatic heterocycles. The number of anilines is 2. The molecule has 5 nitrogen and oxygen atoms in total. The molecule has 0 saturated carbocycles. The Morgan fingerprint density at radius 1 is 1.32 bits per heavy atom. The van der Waals surface area contributed by atoms with Crippen molar-refractivity contribution in [1.82, 2.24) is 4.90 Å². The normalized spacial score (nSPS) is 24.1. The van der Waals surface area contributed by atoms with E-state index in [0.29, 0.717) is 11.7 Å². The number of benzene rings is 1. The quantitative estimate of drug-likeness (QED) is 0.800. The maximum Gasteiger partial charge on any atom is 0.143 e. The summed E-state index contributed by atoms with van der Waals surface area (Å²) in [7, 11) is 1.66. The zero-order chi connectivity index (χ0) is 13.2. The summed E-state index contributed by atoms with van der Waals surface area (Å²) in [6, 6.07) is 6.51. The van der Waals surface area contributed by atoms with E-state index >= 15 is 0 Å². The van der Waals surface area contributed by atoms with Gasteiger partial charge >= 0.3 is 0 Å². The van der Waals surface area contributed by atoms with E-state index in [1.165, 1.54) is 5.69 Å². The van der Waals surface area contributed by atoms with Gasteiger partial charge in [-0.2, -0.15) is 0 Å². The largest absolute Gasteiger partial charge is 0.495 e. The minimum absolute atomic E-state index is 0.506. The van der Waals surface area contributed by atoms with E-state index in [0.717, 1.165) is 45.1 Å². The molecule has 2 heterocycles. The second-order valence-electron chi connectivity index (χ2n) is 5.14. The third kappa shape index (κ3) is 2.48. The molecule has 0 aromatic heterocycles. The molecule has 2 N–H and O–H groups in total. The minimum atomic E-state index is 0.506. The summed E-state index contributed by atoms with van der Waals surface area (Å²) in [4.78, 5) is 4.91. The van der Waals surface area contributed by atoms with E-state index in [1.807, 2.05) is 12.1 Å². The van der Waals surface area contributed by atoms with Crippen LogP contribution in [0, 0.1) is 0 Å². The number of fused-ring (bicyclic) bond motifs is 1. The number of rotatable bonds is 2. The molecule has 1 aromatic rings. The number of nitrogen functional groups attached to an aromatic ring is 1. The Kier molecular flexibility index (Phi) is 3.48. The zero-order valence-corrected chi connectivity index (χ0v) is 11.3. The highest BCUT2D eigenvalue weighted by Crippen LogP contribution is 2.29. The number of nitrogens with two attached hydrogens (primary N) is 1. The first-order chi connectivity index (χ1) is 9.28. The molecule has 0 aliphatic carbocycles. The average Bonchev–Trinajstić information content (AvgIpc) is 2.47. The van der Waals surface area contributed by atoms with E-state index in [2.05, 4.69) is 15.9 Å². The van der Waals surface area contributed by atoms with E-state index in [9.17, 15) is 0 Å². The maximum absolute atomic E-state index is 5.86. The van der Waals surface area contributed by atoms with Crippen LogP contribution in [0.4, 0.5) is 11.4 Å². The van der Waals surface area contributed by atoms with Gasteiger partial charge in [0.15, 0.2) is 0 Å². The molecule has 2 saturated heterocycles. The Bertz CT molecular complexity index is 452. The van der Waals surface area contributed by atoms with Crippen molar-refractivity contribution in [3.05, 3.63) is 18.2 Å². The van der Waals surface area contributed by atoms with Gasteiger partial charge in [0.1, 0.15) is 5.75 Å². The second kappa shape index (κ2) is 5.27. The molecular formula is C14H21N3O2. The Morgan fingerprint density at radius 3 is 3.05 bits per heavy atom. The molecule has 2 aliphatic rings. The van der Waals surface area contributed by atoms with Crippen LogP contribution in [0.15, 0.2) is 18.2 Å². The lowest BCUT2D eigenvalue weighted by Gasteiger charge is -2.44. The van der Waals surface area contributed by atoms with Crippen LogP contribution in [-0.4, -0.2) is 57.4 Å². The molecule has 2 fully saturated rings. The second-order valence-corrected chi connectivity index (χ2v) is 5.14. The predicted octanol–water partition coefficient (Wildman–Crippen LogP) is 0.798. The summed E-state index contributed by atoms with van der Waals surface area (Å²) in [5, 5.41) is 0. The number of nitrogens with zero attached hydrogens (tertiary/aromatic N) is 2. The Labute approximate surface area is 113 Å². The molecule has 5 heteroatoms. The van der Waals surface area contributed by atoms with E-state index in [-0.39, 0.29) is 0 Å². The number of ether oxygens (including phenoxy) is 2. The van der Waals surface area contributed by atoms with Crippen molar-refractivity contribution in [2.45, 2.75) is 6.04 Å². The molecule has 1 atom stereocenters. The van der Waals surface area contributed by atoms with Gasteiger partial charge in [0.25, 0.3) is 0 Å². The van der Waals surface area contributed by atoms with Crippen molar-refractivity contribution in [3.63, 3.8) is 0 Å². The number of piperazine rings is 1. The van der Waals surface area contributed by atoms with Crippen molar-refractivity contribution in [2.24, 2.45) is 0 Å². The lowest BCUT2D eigenvalue weighted by atomic mass is 10.1. The standard InChI is InChI=1S/C14H21N3O2/c1-18-14-8-11(2-3-13(14)15)17-5-4-16-6-7-19-10-12(16)9-17/h2-3,8,12H,4-7,9-10,15H2,1H3/t12-/m1/s1. The van der Waals surface area contributed by atoms with E-state index in [4.69, 9.17) is 15.2 Å². The third-order valence-corrected chi connectivity index (χ3v) is 4.02. The fourth-order valence-electron chi connectivity index (χ4n) is 2.88. The molecule has 0 radical (unpaired) electrons. The van der Waals surface area contributed by atoms with Crippen LogP contribution in [0.2, 0.25) is 0 Å². The van der Waals surface area contributed by atoms with Gasteiger partial charge in [-0.1, -0.05) is 0 Å². The van der Waals surface area contributed by atoms with Gasteiger partial charge in [-0.05, 0) is 12.1 Å². The van der Waals surface area contributed by atoms with Crippen molar-refractivity contribution in [2.75, 3.05) is 57.1 Å². The van der Waals surface area contributed by atoms with Crippen LogP contribution in [0.5, 0.6) is 5.75 Å². The molecular weight excluding hydrogens is 242 g/mol. The van der Waals surface area contributed by atoms with Gasteiger partial charge in [-0.15, -0.1) is 0 Å². The van der Waals surface area contributed by atoms with Crippen LogP contribution in [-0.2, 0) is 4.74 Å². The highest BCUT2D eigenvalue weighted by Gasteiger charge is 2.29. The van der Waals surface area contributed by atoms with Crippen LogP contribution in [0.25, 0.3) is 0 Å². The molecule has 3 rings (SSSR count). The van der Waals surface area contributed by atoms with Crippen molar-refractivity contribution >= 4 is 11.4 Å². The molecule has 0 amide bonds. The van der Waals surface area contributed by atoms with Gasteiger partial charge in [-0.25, -0.2) is 0 Å². The fraction of sp³-hybridized carbons (Fsp3) is 0.571. The molecule has 1 aromatic carbocycles. The van der Waals surface area contributed by atoms with E-state index < -0.39 is 0 Å². The number of hydrogen-bond acceptors (Lipinski definition) is 5. The smallest absolute Gasteiger partial charge is 0.143 e. The van der Waals surface area contributed by atoms with Gasteiger partial charge in [0.05, 0.1) is 32.1 Å². The number of hydrogen-bond donors (Lipinski definition) is 1. The van der Waals surface area contributed by atoms with E-state index in [1.54, 1.807) is 7.11 Å². The monoisotopic (exact) mass is 263 g/mol. The first-order valence-corrected chi connectivity index (χ1v) is 6.78. The predicted molar refractivity (Wildman–Crippen MR) is 75.8 cm³/mol. The average molecular weight is 263 g/mol. The summed E-state index contributed by atoms with van der Waals surface area (Å²) >= 11 is 0. The van der Waals surface area contributed by atoms with Crippen molar-refractivity contribution in [3.8, 4) is 5.75 Å². The van der Waals surface area contributed by atoms with Gasteiger partial charge in [-0.3, -0.25) is 4.90 Å². The summed E-state index contributed by atoms with van der Waals surface area (Å²) < 4.78 is 10.9. The lowest BCUT2D eigenvalue weighted by Crippen LogP contribution is -2.58. The first kappa shape index (κ1) is 12.6. The Morgan fingerprint density at radius 2 is 2.21 bits per heavy atom. The zero-order valence-electron chi connectivity index (χ0n) is 11.3. The lowest BCUT2D eigenvalue weighted by molar-refractivity contribution is -0.0116.